The first-order valence-corrected chi connectivity index (χ1v) is 6.56. The summed E-state index contributed by atoms with van der Waals surface area (Å²) in [6.07, 6.45) is 0. The summed E-state index contributed by atoms with van der Waals surface area (Å²) in [7, 11) is -1.49. The lowest BCUT2D eigenvalue weighted by atomic mass is 9.79. The minimum absolute atomic E-state index is 0.257. The lowest BCUT2D eigenvalue weighted by Crippen LogP contribution is -2.31. The highest BCUT2D eigenvalue weighted by Crippen LogP contribution is 2.20. The van der Waals surface area contributed by atoms with Gasteiger partial charge in [-0.3, -0.25) is 0 Å². The Bertz CT molecular complexity index is 577. The predicted octanol–water partition coefficient (Wildman–Crippen LogP) is 1.53. The van der Waals surface area contributed by atoms with Crippen LogP contribution in [0.3, 0.4) is 0 Å². The van der Waals surface area contributed by atoms with Gasteiger partial charge in [-0.1, -0.05) is 36.4 Å². The predicted molar refractivity (Wildman–Crippen MR) is 79.4 cm³/mol. The molecule has 0 unspecified atom stereocenters. The van der Waals surface area contributed by atoms with Crippen LogP contribution in [0.1, 0.15) is 12.5 Å². The normalized spacial score (nSPS) is 10.4. The van der Waals surface area contributed by atoms with Crippen LogP contribution in [0.4, 0.5) is 10.1 Å². The first-order valence-electron chi connectivity index (χ1n) is 6.56. The summed E-state index contributed by atoms with van der Waals surface area (Å²) in [6, 6.07) is 13.6. The van der Waals surface area contributed by atoms with Gasteiger partial charge in [0, 0.05) is 13.1 Å². The molecule has 0 fully saturated rings. The van der Waals surface area contributed by atoms with Crippen molar-refractivity contribution < 1.29 is 14.4 Å². The molecular formula is C15H17BFNO2. The fraction of sp³-hybridized carbons (Fsp3) is 0.200. The second-order valence-electron chi connectivity index (χ2n) is 4.58. The maximum Gasteiger partial charge on any atom is 0.488 e. The fourth-order valence-electron chi connectivity index (χ4n) is 2.15. The van der Waals surface area contributed by atoms with E-state index in [9.17, 15) is 14.4 Å². The van der Waals surface area contributed by atoms with E-state index in [0.29, 0.717) is 24.2 Å². The van der Waals surface area contributed by atoms with E-state index in [1.54, 1.807) is 36.4 Å². The molecule has 0 amide bonds. The summed E-state index contributed by atoms with van der Waals surface area (Å²) < 4.78 is 13.8. The summed E-state index contributed by atoms with van der Waals surface area (Å²) >= 11 is 0. The van der Waals surface area contributed by atoms with Crippen molar-refractivity contribution in [2.24, 2.45) is 0 Å². The standard InChI is InChI=1S/C15H17BFNO2/c1-2-18(15-9-4-3-8-14(15)17)11-12-6-5-7-13(10-12)16(19)20/h3-10,19-20H,2,11H2,1H3. The number of benzene rings is 2. The van der Waals surface area contributed by atoms with Gasteiger partial charge >= 0.3 is 7.12 Å². The van der Waals surface area contributed by atoms with Crippen LogP contribution in [0.5, 0.6) is 0 Å². The quantitative estimate of drug-likeness (QED) is 0.812. The monoisotopic (exact) mass is 273 g/mol. The molecule has 3 nitrogen and oxygen atoms in total. The average molecular weight is 273 g/mol. The molecule has 0 aliphatic carbocycles. The second kappa shape index (κ2) is 6.54. The van der Waals surface area contributed by atoms with Gasteiger partial charge in [-0.05, 0) is 30.1 Å². The molecule has 0 bridgehead atoms. The molecule has 5 heteroatoms. The number of para-hydroxylation sites is 1. The Balaban J connectivity index is 2.23. The van der Waals surface area contributed by atoms with Crippen LogP contribution < -0.4 is 10.4 Å². The van der Waals surface area contributed by atoms with Crippen LogP contribution in [0, 0.1) is 5.82 Å². The minimum atomic E-state index is -1.49. The lowest BCUT2D eigenvalue weighted by Gasteiger charge is -2.24. The molecule has 0 heterocycles. The largest absolute Gasteiger partial charge is 0.488 e. The Morgan fingerprint density at radius 1 is 1.10 bits per heavy atom. The van der Waals surface area contributed by atoms with Gasteiger partial charge in [-0.25, -0.2) is 4.39 Å². The van der Waals surface area contributed by atoms with E-state index in [0.717, 1.165) is 5.56 Å². The van der Waals surface area contributed by atoms with E-state index in [2.05, 4.69) is 0 Å². The number of hydrogen-bond donors (Lipinski definition) is 2. The zero-order chi connectivity index (χ0) is 14.5. The van der Waals surface area contributed by atoms with Crippen molar-refractivity contribution >= 4 is 18.3 Å². The highest BCUT2D eigenvalue weighted by molar-refractivity contribution is 6.58. The zero-order valence-corrected chi connectivity index (χ0v) is 11.3. The van der Waals surface area contributed by atoms with Gasteiger partial charge < -0.3 is 14.9 Å². The van der Waals surface area contributed by atoms with Crippen LogP contribution >= 0.6 is 0 Å². The molecule has 0 radical (unpaired) electrons. The summed E-state index contributed by atoms with van der Waals surface area (Å²) in [6.45, 7) is 3.13. The maximum atomic E-state index is 13.8. The Morgan fingerprint density at radius 3 is 2.50 bits per heavy atom. The molecule has 2 rings (SSSR count). The van der Waals surface area contributed by atoms with E-state index in [-0.39, 0.29) is 5.82 Å². The van der Waals surface area contributed by atoms with Gasteiger partial charge in [0.15, 0.2) is 0 Å². The zero-order valence-electron chi connectivity index (χ0n) is 11.3. The molecule has 0 saturated carbocycles. The highest BCUT2D eigenvalue weighted by atomic mass is 19.1. The molecule has 0 aliphatic heterocycles. The molecular weight excluding hydrogens is 256 g/mol. The van der Waals surface area contributed by atoms with Crippen molar-refractivity contribution in [3.63, 3.8) is 0 Å². The van der Waals surface area contributed by atoms with E-state index in [1.165, 1.54) is 6.07 Å². The van der Waals surface area contributed by atoms with Crippen molar-refractivity contribution in [3.8, 4) is 0 Å². The van der Waals surface area contributed by atoms with Crippen LogP contribution in [-0.4, -0.2) is 23.7 Å². The minimum Gasteiger partial charge on any atom is -0.423 e. The van der Waals surface area contributed by atoms with Gasteiger partial charge in [0.25, 0.3) is 0 Å². The maximum absolute atomic E-state index is 13.8. The smallest absolute Gasteiger partial charge is 0.423 e. The SMILES string of the molecule is CCN(Cc1cccc(B(O)O)c1)c1ccccc1F. The molecule has 0 spiro atoms. The van der Waals surface area contributed by atoms with Gasteiger partial charge in [-0.2, -0.15) is 0 Å². The molecule has 0 aliphatic rings. The number of rotatable bonds is 5. The van der Waals surface area contributed by atoms with Crippen molar-refractivity contribution in [1.29, 1.82) is 0 Å². The van der Waals surface area contributed by atoms with Gasteiger partial charge in [0.05, 0.1) is 5.69 Å². The van der Waals surface area contributed by atoms with Crippen LogP contribution in [-0.2, 0) is 6.54 Å². The van der Waals surface area contributed by atoms with E-state index in [1.807, 2.05) is 17.9 Å². The molecule has 2 aromatic carbocycles. The van der Waals surface area contributed by atoms with E-state index >= 15 is 0 Å². The molecule has 20 heavy (non-hydrogen) atoms. The third-order valence-corrected chi connectivity index (χ3v) is 3.20. The number of anilines is 1. The molecule has 0 saturated heterocycles. The third-order valence-electron chi connectivity index (χ3n) is 3.20. The summed E-state index contributed by atoms with van der Waals surface area (Å²) in [5, 5.41) is 18.4. The topological polar surface area (TPSA) is 43.7 Å². The van der Waals surface area contributed by atoms with Gasteiger partial charge in [-0.15, -0.1) is 0 Å². The average Bonchev–Trinajstić information content (AvgIpc) is 2.46. The van der Waals surface area contributed by atoms with E-state index < -0.39 is 7.12 Å². The Morgan fingerprint density at radius 2 is 1.85 bits per heavy atom. The molecule has 2 N–H and O–H groups in total. The summed E-state index contributed by atoms with van der Waals surface area (Å²) in [4.78, 5) is 1.90. The number of nitrogens with zero attached hydrogens (tertiary/aromatic N) is 1. The van der Waals surface area contributed by atoms with E-state index in [4.69, 9.17) is 0 Å². The summed E-state index contributed by atoms with van der Waals surface area (Å²) in [5.41, 5.74) is 1.89. The number of halogens is 1. The van der Waals surface area contributed by atoms with Crippen molar-refractivity contribution in [3.05, 3.63) is 59.9 Å². The Kier molecular flexibility index (Phi) is 4.77. The Hall–Kier alpha value is -1.85. The van der Waals surface area contributed by atoms with Crippen LogP contribution in [0.2, 0.25) is 0 Å². The Labute approximate surface area is 118 Å². The number of hydrogen-bond acceptors (Lipinski definition) is 3. The molecule has 0 aromatic heterocycles. The first kappa shape index (κ1) is 14.6. The lowest BCUT2D eigenvalue weighted by molar-refractivity contribution is 0.425. The molecule has 0 atom stereocenters. The fourth-order valence-corrected chi connectivity index (χ4v) is 2.15. The molecule has 2 aromatic rings. The first-order chi connectivity index (χ1) is 9.61. The highest BCUT2D eigenvalue weighted by Gasteiger charge is 2.13. The third kappa shape index (κ3) is 3.38. The van der Waals surface area contributed by atoms with Crippen molar-refractivity contribution in [2.45, 2.75) is 13.5 Å². The summed E-state index contributed by atoms with van der Waals surface area (Å²) in [5.74, 6) is -0.257. The van der Waals surface area contributed by atoms with Crippen molar-refractivity contribution in [2.75, 3.05) is 11.4 Å². The van der Waals surface area contributed by atoms with Crippen molar-refractivity contribution in [1.82, 2.24) is 0 Å². The molecule has 104 valence electrons. The van der Waals surface area contributed by atoms with Gasteiger partial charge in [0.1, 0.15) is 5.82 Å². The second-order valence-corrected chi connectivity index (χ2v) is 4.58. The van der Waals surface area contributed by atoms with Crippen LogP contribution in [0.15, 0.2) is 48.5 Å². The van der Waals surface area contributed by atoms with Gasteiger partial charge in [0.2, 0.25) is 0 Å². The van der Waals surface area contributed by atoms with Crippen LogP contribution in [0.25, 0.3) is 0 Å².